The van der Waals surface area contributed by atoms with Crippen LogP contribution >= 0.6 is 12.2 Å². The molecule has 0 atom stereocenters. The van der Waals surface area contributed by atoms with Gasteiger partial charge in [0.1, 0.15) is 6.61 Å². The molecule has 1 fully saturated rings. The molecule has 0 radical (unpaired) electrons. The normalized spacial score (nSPS) is 19.2. The minimum Gasteiger partial charge on any atom is -0.392 e. The summed E-state index contributed by atoms with van der Waals surface area (Å²) < 4.78 is 40.3. The largest absolute Gasteiger partial charge is 0.411 e. The summed E-state index contributed by atoms with van der Waals surface area (Å²) in [6, 6.07) is 0. The molecule has 0 aliphatic carbocycles. The van der Waals surface area contributed by atoms with Crippen LogP contribution in [0.1, 0.15) is 13.8 Å². The molecule has 0 spiro atoms. The van der Waals surface area contributed by atoms with Gasteiger partial charge in [0.05, 0.1) is 17.1 Å². The van der Waals surface area contributed by atoms with Gasteiger partial charge in [0.15, 0.2) is 0 Å². The average molecular weight is 313 g/mol. The zero-order valence-electron chi connectivity index (χ0n) is 11.9. The first-order valence-corrected chi connectivity index (χ1v) is 6.95. The first-order chi connectivity index (χ1) is 9.13. The summed E-state index contributed by atoms with van der Waals surface area (Å²) >= 11 is 5.06. The summed E-state index contributed by atoms with van der Waals surface area (Å²) in [5, 5.41) is 0. The summed E-state index contributed by atoms with van der Waals surface area (Å²) in [7, 11) is 0. The van der Waals surface area contributed by atoms with Crippen molar-refractivity contribution in [3.63, 3.8) is 0 Å². The topological polar surface area (TPSA) is 41.7 Å². The lowest BCUT2D eigenvalue weighted by Crippen LogP contribution is -2.59. The molecule has 0 amide bonds. The first-order valence-electron chi connectivity index (χ1n) is 6.55. The van der Waals surface area contributed by atoms with Gasteiger partial charge in [-0.1, -0.05) is 12.2 Å². The first kappa shape index (κ1) is 17.6. The van der Waals surface area contributed by atoms with E-state index in [1.807, 2.05) is 13.8 Å². The Hall–Kier alpha value is -0.440. The average Bonchev–Trinajstić information content (AvgIpc) is 2.34. The molecule has 0 saturated carbocycles. The zero-order valence-corrected chi connectivity index (χ0v) is 12.7. The number of alkyl halides is 3. The molecule has 20 heavy (non-hydrogen) atoms. The predicted molar refractivity (Wildman–Crippen MR) is 75.8 cm³/mol. The van der Waals surface area contributed by atoms with Crippen LogP contribution in [0.4, 0.5) is 13.2 Å². The highest BCUT2D eigenvalue weighted by atomic mass is 32.1. The number of hydrogen-bond donors (Lipinski definition) is 1. The van der Waals surface area contributed by atoms with Crippen LogP contribution < -0.4 is 5.73 Å². The quantitative estimate of drug-likeness (QED) is 0.590. The van der Waals surface area contributed by atoms with E-state index in [9.17, 15) is 13.2 Å². The molecule has 0 aromatic heterocycles. The van der Waals surface area contributed by atoms with Gasteiger partial charge in [-0.3, -0.25) is 9.80 Å². The molecule has 8 heteroatoms. The van der Waals surface area contributed by atoms with Gasteiger partial charge in [-0.15, -0.1) is 0 Å². The van der Waals surface area contributed by atoms with Gasteiger partial charge < -0.3 is 10.5 Å². The molecule has 1 aliphatic rings. The number of rotatable bonds is 6. The van der Waals surface area contributed by atoms with Crippen LogP contribution in [-0.4, -0.2) is 72.4 Å². The molecule has 1 heterocycles. The van der Waals surface area contributed by atoms with E-state index in [2.05, 4.69) is 14.5 Å². The second-order valence-electron chi connectivity index (χ2n) is 5.42. The molecular formula is C12H22F3N3OS. The molecule has 1 aliphatic heterocycles. The lowest BCUT2D eigenvalue weighted by Gasteiger charge is -2.43. The Bertz CT molecular complexity index is 328. The van der Waals surface area contributed by atoms with Crippen molar-refractivity contribution in [3.8, 4) is 0 Å². The molecule has 0 aromatic carbocycles. The van der Waals surface area contributed by atoms with Gasteiger partial charge in [-0.2, -0.15) is 13.2 Å². The third kappa shape index (κ3) is 5.51. The standard InChI is InChI=1S/C12H22F3N3OS/c1-11(2,10(16)20)18-5-3-17(4-6-18)7-8-19-9-12(13,14)15/h3-9H2,1-2H3,(H2,16,20). The van der Waals surface area contributed by atoms with Crippen LogP contribution in [-0.2, 0) is 4.74 Å². The van der Waals surface area contributed by atoms with Crippen molar-refractivity contribution < 1.29 is 17.9 Å². The maximum Gasteiger partial charge on any atom is 0.411 e. The second kappa shape index (κ2) is 7.02. The number of nitrogens with zero attached hydrogens (tertiary/aromatic N) is 2. The third-order valence-electron chi connectivity index (χ3n) is 3.58. The van der Waals surface area contributed by atoms with Gasteiger partial charge >= 0.3 is 6.18 Å². The smallest absolute Gasteiger partial charge is 0.392 e. The SMILES string of the molecule is CC(C)(C(N)=S)N1CCN(CCOCC(F)(F)F)CC1. The maximum atomic E-state index is 11.9. The fourth-order valence-corrected chi connectivity index (χ4v) is 2.20. The van der Waals surface area contributed by atoms with Crippen LogP contribution in [0.25, 0.3) is 0 Å². The highest BCUT2D eigenvalue weighted by Gasteiger charge is 2.32. The Morgan fingerprint density at radius 1 is 1.20 bits per heavy atom. The van der Waals surface area contributed by atoms with E-state index < -0.39 is 12.8 Å². The highest BCUT2D eigenvalue weighted by Crippen LogP contribution is 2.17. The van der Waals surface area contributed by atoms with Crippen molar-refractivity contribution in [3.05, 3.63) is 0 Å². The molecule has 2 N–H and O–H groups in total. The summed E-state index contributed by atoms with van der Waals surface area (Å²) in [6.45, 7) is 6.54. The van der Waals surface area contributed by atoms with Gasteiger partial charge in [0, 0.05) is 32.7 Å². The number of piperazine rings is 1. The van der Waals surface area contributed by atoms with Crippen LogP contribution in [0, 0.1) is 0 Å². The summed E-state index contributed by atoms with van der Waals surface area (Å²) in [4.78, 5) is 4.74. The van der Waals surface area contributed by atoms with E-state index in [0.717, 1.165) is 26.2 Å². The lowest BCUT2D eigenvalue weighted by atomic mass is 10.0. The van der Waals surface area contributed by atoms with Crippen molar-refractivity contribution in [2.24, 2.45) is 5.73 Å². The van der Waals surface area contributed by atoms with Crippen molar-refractivity contribution in [2.45, 2.75) is 25.6 Å². The van der Waals surface area contributed by atoms with Crippen molar-refractivity contribution in [1.82, 2.24) is 9.80 Å². The van der Waals surface area contributed by atoms with E-state index in [1.54, 1.807) is 0 Å². The summed E-state index contributed by atoms with van der Waals surface area (Å²) in [5.41, 5.74) is 5.40. The van der Waals surface area contributed by atoms with Crippen LogP contribution in [0.2, 0.25) is 0 Å². The van der Waals surface area contributed by atoms with Gasteiger partial charge in [0.2, 0.25) is 0 Å². The van der Waals surface area contributed by atoms with E-state index in [-0.39, 0.29) is 12.1 Å². The lowest BCUT2D eigenvalue weighted by molar-refractivity contribution is -0.174. The summed E-state index contributed by atoms with van der Waals surface area (Å²) in [5.74, 6) is 0. The van der Waals surface area contributed by atoms with Crippen LogP contribution in [0.5, 0.6) is 0 Å². The van der Waals surface area contributed by atoms with E-state index >= 15 is 0 Å². The van der Waals surface area contributed by atoms with Crippen LogP contribution in [0.15, 0.2) is 0 Å². The molecule has 0 bridgehead atoms. The van der Waals surface area contributed by atoms with E-state index in [4.69, 9.17) is 18.0 Å². The fraction of sp³-hybridized carbons (Fsp3) is 0.917. The predicted octanol–water partition coefficient (Wildman–Crippen LogP) is 1.25. The molecule has 1 saturated heterocycles. The van der Waals surface area contributed by atoms with Crippen molar-refractivity contribution >= 4 is 17.2 Å². The number of halogens is 3. The molecular weight excluding hydrogens is 291 g/mol. The van der Waals surface area contributed by atoms with E-state index in [1.165, 1.54) is 0 Å². The van der Waals surface area contributed by atoms with Gasteiger partial charge in [0.25, 0.3) is 0 Å². The molecule has 0 unspecified atom stereocenters. The molecule has 118 valence electrons. The Balaban J connectivity index is 2.24. The van der Waals surface area contributed by atoms with Gasteiger partial charge in [-0.05, 0) is 13.8 Å². The monoisotopic (exact) mass is 313 g/mol. The Labute approximate surface area is 123 Å². The summed E-state index contributed by atoms with van der Waals surface area (Å²) in [6.07, 6.45) is -4.25. The Kier molecular flexibility index (Phi) is 6.18. The highest BCUT2D eigenvalue weighted by molar-refractivity contribution is 7.80. The molecule has 1 rings (SSSR count). The van der Waals surface area contributed by atoms with Crippen molar-refractivity contribution in [2.75, 3.05) is 45.9 Å². The Morgan fingerprint density at radius 3 is 2.20 bits per heavy atom. The maximum absolute atomic E-state index is 11.9. The second-order valence-corrected chi connectivity index (χ2v) is 5.86. The number of thiocarbonyl (C=S) groups is 1. The van der Waals surface area contributed by atoms with Crippen LogP contribution in [0.3, 0.4) is 0 Å². The number of ether oxygens (including phenoxy) is 1. The third-order valence-corrected chi connectivity index (χ3v) is 4.08. The number of hydrogen-bond acceptors (Lipinski definition) is 4. The molecule has 0 aromatic rings. The van der Waals surface area contributed by atoms with E-state index in [0.29, 0.717) is 11.5 Å². The van der Waals surface area contributed by atoms with Crippen molar-refractivity contribution in [1.29, 1.82) is 0 Å². The minimum absolute atomic E-state index is 0.0954. The zero-order chi connectivity index (χ0) is 15.4. The number of nitrogens with two attached hydrogens (primary N) is 1. The fourth-order valence-electron chi connectivity index (χ4n) is 2.07. The molecule has 4 nitrogen and oxygen atoms in total. The minimum atomic E-state index is -4.25. The van der Waals surface area contributed by atoms with Gasteiger partial charge in [-0.25, -0.2) is 0 Å². The Morgan fingerprint density at radius 2 is 1.75 bits per heavy atom.